The van der Waals surface area contributed by atoms with E-state index in [1.54, 1.807) is 26.0 Å². The summed E-state index contributed by atoms with van der Waals surface area (Å²) in [5.74, 6) is -2.19. The third kappa shape index (κ3) is 4.51. The van der Waals surface area contributed by atoms with Gasteiger partial charge in [0.05, 0.1) is 35.6 Å². The second-order valence-electron chi connectivity index (χ2n) is 9.71. The van der Waals surface area contributed by atoms with Gasteiger partial charge in [0.25, 0.3) is 5.56 Å². The molecule has 0 spiro atoms. The van der Waals surface area contributed by atoms with Crippen LogP contribution in [0.2, 0.25) is 0 Å². The predicted molar refractivity (Wildman–Crippen MR) is 139 cm³/mol. The van der Waals surface area contributed by atoms with Crippen molar-refractivity contribution in [2.24, 2.45) is 5.73 Å². The van der Waals surface area contributed by atoms with Gasteiger partial charge in [-0.1, -0.05) is 6.92 Å². The normalized spacial score (nSPS) is 17.2. The van der Waals surface area contributed by atoms with Crippen LogP contribution in [0.5, 0.6) is 0 Å². The van der Waals surface area contributed by atoms with Crippen LogP contribution in [0.3, 0.4) is 0 Å². The zero-order chi connectivity index (χ0) is 28.8. The van der Waals surface area contributed by atoms with Crippen LogP contribution in [0.25, 0.3) is 22.3 Å². The van der Waals surface area contributed by atoms with E-state index >= 15 is 0 Å². The van der Waals surface area contributed by atoms with Crippen LogP contribution in [0.4, 0.5) is 4.39 Å². The Labute approximate surface area is 227 Å². The molecule has 1 atom stereocenters. The molecule has 1 aromatic carbocycles. The molecule has 0 saturated carbocycles. The standard InChI is InChI=1S/C27H28FN5O7/c1-3-27(38)18-5-21-24-16(9-33(21)25(36)17(18)10-40-26(27)37)15(14-4-13(2)19(28)6-20(14)32-24)8-30-23(35)11-39-12-31-22(34)7-29/h4-6,38H,3,7-12,29H2,1-2H3,(H,30,35)(H,31,34)/t27-/m0/s1. The van der Waals surface area contributed by atoms with E-state index in [1.165, 1.54) is 10.6 Å². The fourth-order valence-corrected chi connectivity index (χ4v) is 5.08. The summed E-state index contributed by atoms with van der Waals surface area (Å²) < 4.78 is 26.3. The van der Waals surface area contributed by atoms with Gasteiger partial charge < -0.3 is 35.5 Å². The average Bonchev–Trinajstić information content (AvgIpc) is 3.30. The summed E-state index contributed by atoms with van der Waals surface area (Å²) in [6, 6.07) is 4.50. The summed E-state index contributed by atoms with van der Waals surface area (Å²) in [5.41, 5.74) is 5.87. The molecule has 0 radical (unpaired) electrons. The molecule has 13 heteroatoms. The van der Waals surface area contributed by atoms with Crippen molar-refractivity contribution in [1.82, 2.24) is 20.2 Å². The van der Waals surface area contributed by atoms with Crippen LogP contribution < -0.4 is 21.9 Å². The van der Waals surface area contributed by atoms with Crippen LogP contribution in [-0.4, -0.2) is 52.3 Å². The van der Waals surface area contributed by atoms with Gasteiger partial charge in [-0.3, -0.25) is 14.4 Å². The number of nitrogens with zero attached hydrogens (tertiary/aromatic N) is 2. The number of hydrogen-bond acceptors (Lipinski definition) is 9. The molecule has 2 aliphatic heterocycles. The third-order valence-corrected chi connectivity index (χ3v) is 7.34. The smallest absolute Gasteiger partial charge is 0.343 e. The second-order valence-corrected chi connectivity index (χ2v) is 9.71. The Morgan fingerprint density at radius 1 is 1.23 bits per heavy atom. The number of aromatic nitrogens is 2. The number of fused-ring (bicyclic) bond motifs is 5. The van der Waals surface area contributed by atoms with E-state index in [0.29, 0.717) is 39.0 Å². The van der Waals surface area contributed by atoms with E-state index in [0.717, 1.165) is 0 Å². The Kier molecular flexibility index (Phi) is 7.12. The largest absolute Gasteiger partial charge is 0.458 e. The minimum atomic E-state index is -1.98. The quantitative estimate of drug-likeness (QED) is 0.135. The van der Waals surface area contributed by atoms with Crippen molar-refractivity contribution >= 4 is 28.7 Å². The number of nitrogens with one attached hydrogen (secondary N) is 2. The van der Waals surface area contributed by atoms with Crippen molar-refractivity contribution in [1.29, 1.82) is 0 Å². The van der Waals surface area contributed by atoms with Crippen molar-refractivity contribution in [3.05, 3.63) is 62.2 Å². The van der Waals surface area contributed by atoms with Gasteiger partial charge in [0, 0.05) is 29.1 Å². The molecule has 0 unspecified atom stereocenters. The molecule has 0 bridgehead atoms. The van der Waals surface area contributed by atoms with E-state index in [9.17, 15) is 28.7 Å². The number of esters is 1. The molecule has 0 fully saturated rings. The van der Waals surface area contributed by atoms with Gasteiger partial charge in [0.15, 0.2) is 5.60 Å². The highest BCUT2D eigenvalue weighted by atomic mass is 19.1. The number of carbonyl (C=O) groups is 3. The van der Waals surface area contributed by atoms with Gasteiger partial charge in [-0.25, -0.2) is 14.2 Å². The molecule has 5 N–H and O–H groups in total. The van der Waals surface area contributed by atoms with Crippen molar-refractivity contribution < 1.29 is 33.4 Å². The number of nitrogens with two attached hydrogens (primary N) is 1. The lowest BCUT2D eigenvalue weighted by Gasteiger charge is -2.31. The van der Waals surface area contributed by atoms with Crippen LogP contribution in [0, 0.1) is 12.7 Å². The summed E-state index contributed by atoms with van der Waals surface area (Å²) in [5, 5.41) is 16.9. The van der Waals surface area contributed by atoms with E-state index in [4.69, 9.17) is 15.2 Å². The number of halogens is 1. The molecule has 3 aromatic rings. The molecule has 2 amide bonds. The third-order valence-electron chi connectivity index (χ3n) is 7.34. The molecule has 2 aromatic heterocycles. The predicted octanol–water partition coefficient (Wildman–Crippen LogP) is 0.192. The number of aliphatic hydroxyl groups is 1. The Morgan fingerprint density at radius 2 is 2.00 bits per heavy atom. The van der Waals surface area contributed by atoms with Crippen LogP contribution in [-0.2, 0) is 49.2 Å². The Hall–Kier alpha value is -4.20. The zero-order valence-electron chi connectivity index (χ0n) is 21.9. The van der Waals surface area contributed by atoms with Gasteiger partial charge in [-0.2, -0.15) is 0 Å². The molecule has 0 saturated heterocycles. The number of cyclic esters (lactones) is 1. The molecular weight excluding hydrogens is 525 g/mol. The molecule has 40 heavy (non-hydrogen) atoms. The number of rotatable bonds is 8. The number of benzene rings is 1. The lowest BCUT2D eigenvalue weighted by molar-refractivity contribution is -0.172. The highest BCUT2D eigenvalue weighted by Gasteiger charge is 2.45. The van der Waals surface area contributed by atoms with Gasteiger partial charge in [-0.15, -0.1) is 0 Å². The van der Waals surface area contributed by atoms with Crippen LogP contribution in [0.15, 0.2) is 23.0 Å². The van der Waals surface area contributed by atoms with Crippen molar-refractivity contribution in [2.75, 3.05) is 19.9 Å². The highest BCUT2D eigenvalue weighted by molar-refractivity contribution is 5.90. The molecule has 12 nitrogen and oxygen atoms in total. The molecule has 4 heterocycles. The first-order valence-electron chi connectivity index (χ1n) is 12.7. The second kappa shape index (κ2) is 10.4. The number of hydrogen-bond donors (Lipinski definition) is 4. The minimum Gasteiger partial charge on any atom is -0.458 e. The fourth-order valence-electron chi connectivity index (χ4n) is 5.08. The van der Waals surface area contributed by atoms with E-state index in [2.05, 4.69) is 15.6 Å². The van der Waals surface area contributed by atoms with E-state index < -0.39 is 34.8 Å². The molecule has 2 aliphatic rings. The number of pyridine rings is 2. The highest BCUT2D eigenvalue weighted by Crippen LogP contribution is 2.40. The maximum atomic E-state index is 14.6. The van der Waals surface area contributed by atoms with Gasteiger partial charge in [0.2, 0.25) is 11.8 Å². The van der Waals surface area contributed by atoms with Gasteiger partial charge in [0.1, 0.15) is 25.8 Å². The lowest BCUT2D eigenvalue weighted by Crippen LogP contribution is -2.44. The molecule has 0 aliphatic carbocycles. The number of ether oxygens (including phenoxy) is 2. The number of aryl methyl sites for hydroxylation is 1. The average molecular weight is 554 g/mol. The summed E-state index contributed by atoms with van der Waals surface area (Å²) in [6.45, 7) is 2.38. The maximum absolute atomic E-state index is 14.6. The first-order chi connectivity index (χ1) is 19.1. The van der Waals surface area contributed by atoms with Crippen molar-refractivity contribution in [3.8, 4) is 11.4 Å². The number of amides is 2. The van der Waals surface area contributed by atoms with Crippen LogP contribution in [0.1, 0.15) is 41.2 Å². The summed E-state index contributed by atoms with van der Waals surface area (Å²) in [6.07, 6.45) is -0.000520. The Balaban J connectivity index is 1.54. The zero-order valence-corrected chi connectivity index (χ0v) is 21.9. The monoisotopic (exact) mass is 553 g/mol. The van der Waals surface area contributed by atoms with Gasteiger partial charge in [-0.05, 0) is 36.6 Å². The summed E-state index contributed by atoms with van der Waals surface area (Å²) in [7, 11) is 0. The SMILES string of the molecule is CC[C@@]1(O)C(=O)OCc2c1cc1n(c2=O)Cc2c-1nc1cc(F)c(C)cc1c2CNC(=O)COCNC(=O)CN. The minimum absolute atomic E-state index is 0.000520. The first-order valence-corrected chi connectivity index (χ1v) is 12.7. The number of carbonyl (C=O) groups excluding carboxylic acids is 3. The molecular formula is C27H28FN5O7. The Morgan fingerprint density at radius 3 is 2.73 bits per heavy atom. The first kappa shape index (κ1) is 27.4. The van der Waals surface area contributed by atoms with Gasteiger partial charge >= 0.3 is 5.97 Å². The van der Waals surface area contributed by atoms with Crippen molar-refractivity contribution in [3.63, 3.8) is 0 Å². The van der Waals surface area contributed by atoms with Crippen LogP contribution >= 0.6 is 0 Å². The van der Waals surface area contributed by atoms with Crippen molar-refractivity contribution in [2.45, 2.75) is 45.6 Å². The topological polar surface area (TPSA) is 175 Å². The van der Waals surface area contributed by atoms with E-state index in [-0.39, 0.29) is 57.1 Å². The fraction of sp³-hybridized carbons (Fsp3) is 0.370. The summed E-state index contributed by atoms with van der Waals surface area (Å²) in [4.78, 5) is 54.3. The summed E-state index contributed by atoms with van der Waals surface area (Å²) >= 11 is 0. The molecule has 210 valence electrons. The molecule has 5 rings (SSSR count). The lowest BCUT2D eigenvalue weighted by atomic mass is 9.86. The maximum Gasteiger partial charge on any atom is 0.343 e. The van der Waals surface area contributed by atoms with E-state index in [1.807, 2.05) is 0 Å². The Bertz CT molecular complexity index is 1640.